The minimum atomic E-state index is -0.677. The van der Waals surface area contributed by atoms with Crippen molar-refractivity contribution in [1.29, 1.82) is 0 Å². The maximum Gasteiger partial charge on any atom is 0.334 e. The highest BCUT2D eigenvalue weighted by atomic mass is 16.2. The molecule has 0 saturated heterocycles. The molecular formula is C29H23N7O3. The summed E-state index contributed by atoms with van der Waals surface area (Å²) in [4.78, 5) is 52.3. The van der Waals surface area contributed by atoms with Gasteiger partial charge in [0.05, 0.1) is 34.5 Å². The molecule has 1 aliphatic heterocycles. The van der Waals surface area contributed by atoms with Crippen molar-refractivity contribution < 1.29 is 9.59 Å². The van der Waals surface area contributed by atoms with Crippen LogP contribution in [0.2, 0.25) is 0 Å². The van der Waals surface area contributed by atoms with Crippen LogP contribution in [0.4, 0.5) is 11.5 Å². The van der Waals surface area contributed by atoms with Crippen molar-refractivity contribution in [2.75, 3.05) is 10.6 Å². The van der Waals surface area contributed by atoms with Crippen LogP contribution in [0.25, 0.3) is 16.7 Å². The van der Waals surface area contributed by atoms with E-state index in [0.29, 0.717) is 46.9 Å². The summed E-state index contributed by atoms with van der Waals surface area (Å²) in [5.41, 5.74) is 4.39. The van der Waals surface area contributed by atoms with Crippen molar-refractivity contribution in [1.82, 2.24) is 24.1 Å². The SMILES string of the molecule is Cc1ncc(-n2c(=O)n(CC(=O)Nc3ccc4c(c3)CC3(C4)C(=O)Nc4ncccc43)c3ccccc32)cn1. The van der Waals surface area contributed by atoms with Gasteiger partial charge in [0.15, 0.2) is 0 Å². The Morgan fingerprint density at radius 3 is 2.56 bits per heavy atom. The van der Waals surface area contributed by atoms with Crippen molar-refractivity contribution in [3.8, 4) is 5.69 Å². The van der Waals surface area contributed by atoms with Crippen molar-refractivity contribution in [2.45, 2.75) is 31.7 Å². The van der Waals surface area contributed by atoms with E-state index in [2.05, 4.69) is 25.6 Å². The smallest absolute Gasteiger partial charge is 0.325 e. The number of rotatable bonds is 4. The number of aryl methyl sites for hydroxylation is 1. The second-order valence-corrected chi connectivity index (χ2v) is 10.0. The lowest BCUT2D eigenvalue weighted by Gasteiger charge is -2.20. The Hall–Kier alpha value is -5.12. The molecular weight excluding hydrogens is 494 g/mol. The highest BCUT2D eigenvalue weighted by Gasteiger charge is 2.51. The molecule has 0 radical (unpaired) electrons. The van der Waals surface area contributed by atoms with Gasteiger partial charge in [-0.1, -0.05) is 24.3 Å². The van der Waals surface area contributed by atoms with Gasteiger partial charge in [-0.15, -0.1) is 0 Å². The zero-order chi connectivity index (χ0) is 26.7. The number of hydrogen-bond donors (Lipinski definition) is 2. The number of aromatic nitrogens is 5. The van der Waals surface area contributed by atoms with Gasteiger partial charge in [0.25, 0.3) is 0 Å². The van der Waals surface area contributed by atoms with Crippen LogP contribution in [0, 0.1) is 6.92 Å². The molecule has 4 heterocycles. The number of para-hydroxylation sites is 2. The van der Waals surface area contributed by atoms with E-state index in [1.54, 1.807) is 25.5 Å². The van der Waals surface area contributed by atoms with Crippen LogP contribution in [0.3, 0.4) is 0 Å². The number of nitrogens with zero attached hydrogens (tertiary/aromatic N) is 5. The zero-order valence-corrected chi connectivity index (χ0v) is 21.0. The lowest BCUT2D eigenvalue weighted by molar-refractivity contribution is -0.120. The van der Waals surface area contributed by atoms with Gasteiger partial charge >= 0.3 is 5.69 Å². The van der Waals surface area contributed by atoms with Gasteiger partial charge in [-0.2, -0.15) is 0 Å². The van der Waals surface area contributed by atoms with Gasteiger partial charge in [0.1, 0.15) is 18.2 Å². The second-order valence-electron chi connectivity index (χ2n) is 10.0. The number of pyridine rings is 1. The van der Waals surface area contributed by atoms with Crippen LogP contribution >= 0.6 is 0 Å². The van der Waals surface area contributed by atoms with Gasteiger partial charge in [-0.05, 0) is 61.2 Å². The number of carbonyl (C=O) groups excluding carboxylic acids is 2. The first kappa shape index (κ1) is 23.0. The minimum absolute atomic E-state index is 0.0484. The van der Waals surface area contributed by atoms with Gasteiger partial charge in [-0.3, -0.25) is 18.7 Å². The van der Waals surface area contributed by atoms with Crippen molar-refractivity contribution >= 4 is 34.4 Å². The Morgan fingerprint density at radius 1 is 0.974 bits per heavy atom. The average molecular weight is 518 g/mol. The fourth-order valence-electron chi connectivity index (χ4n) is 5.80. The molecule has 39 heavy (non-hydrogen) atoms. The van der Waals surface area contributed by atoms with Crippen LogP contribution < -0.4 is 16.3 Å². The summed E-state index contributed by atoms with van der Waals surface area (Å²) < 4.78 is 2.95. The molecule has 2 aromatic carbocycles. The molecule has 0 saturated carbocycles. The number of fused-ring (bicyclic) bond motifs is 4. The Labute approximate surface area is 222 Å². The normalized spacial score (nSPS) is 17.3. The molecule has 1 spiro atoms. The molecule has 7 rings (SSSR count). The molecule has 5 aromatic rings. The Bertz CT molecular complexity index is 1870. The first-order valence-electron chi connectivity index (χ1n) is 12.6. The van der Waals surface area contributed by atoms with E-state index in [4.69, 9.17) is 0 Å². The second kappa shape index (κ2) is 8.45. The molecule has 2 aliphatic rings. The number of anilines is 2. The lowest BCUT2D eigenvalue weighted by atomic mass is 9.79. The number of imidazole rings is 1. The molecule has 10 nitrogen and oxygen atoms in total. The summed E-state index contributed by atoms with van der Waals surface area (Å²) in [6.07, 6.45) is 5.97. The molecule has 1 unspecified atom stereocenters. The first-order valence-corrected chi connectivity index (χ1v) is 12.6. The number of nitrogens with one attached hydrogen (secondary N) is 2. The highest BCUT2D eigenvalue weighted by Crippen LogP contribution is 2.46. The van der Waals surface area contributed by atoms with E-state index >= 15 is 0 Å². The van der Waals surface area contributed by atoms with Crippen molar-refractivity contribution in [3.63, 3.8) is 0 Å². The maximum absolute atomic E-state index is 13.4. The fourth-order valence-corrected chi connectivity index (χ4v) is 5.80. The number of hydrogen-bond acceptors (Lipinski definition) is 6. The third kappa shape index (κ3) is 3.56. The zero-order valence-electron chi connectivity index (χ0n) is 21.0. The van der Waals surface area contributed by atoms with E-state index < -0.39 is 5.41 Å². The Balaban J connectivity index is 1.16. The van der Waals surface area contributed by atoms with E-state index in [-0.39, 0.29) is 24.0 Å². The molecule has 10 heteroatoms. The van der Waals surface area contributed by atoms with Crippen molar-refractivity contribution in [3.05, 3.63) is 106 Å². The molecule has 2 amide bonds. The van der Waals surface area contributed by atoms with Crippen molar-refractivity contribution in [2.24, 2.45) is 0 Å². The monoisotopic (exact) mass is 517 g/mol. The minimum Gasteiger partial charge on any atom is -0.325 e. The third-order valence-corrected chi connectivity index (χ3v) is 7.63. The summed E-state index contributed by atoms with van der Waals surface area (Å²) >= 11 is 0. The van der Waals surface area contributed by atoms with Crippen LogP contribution in [-0.4, -0.2) is 35.9 Å². The predicted octanol–water partition coefficient (Wildman–Crippen LogP) is 2.91. The molecule has 0 fully saturated rings. The molecule has 0 bridgehead atoms. The maximum atomic E-state index is 13.4. The Morgan fingerprint density at radius 2 is 1.74 bits per heavy atom. The van der Waals surface area contributed by atoms with Gasteiger partial charge in [0.2, 0.25) is 11.8 Å². The van der Waals surface area contributed by atoms with Crippen LogP contribution in [0.5, 0.6) is 0 Å². The van der Waals surface area contributed by atoms with E-state index in [1.807, 2.05) is 54.6 Å². The largest absolute Gasteiger partial charge is 0.334 e. The molecule has 2 N–H and O–H groups in total. The van der Waals surface area contributed by atoms with E-state index in [0.717, 1.165) is 16.7 Å². The van der Waals surface area contributed by atoms with Crippen LogP contribution in [0.15, 0.2) is 78.0 Å². The summed E-state index contributed by atoms with van der Waals surface area (Å²) in [5.74, 6) is 0.837. The summed E-state index contributed by atoms with van der Waals surface area (Å²) in [5, 5.41) is 5.85. The molecule has 3 aromatic heterocycles. The third-order valence-electron chi connectivity index (χ3n) is 7.63. The summed E-state index contributed by atoms with van der Waals surface area (Å²) in [6, 6.07) is 16.8. The van der Waals surface area contributed by atoms with Crippen LogP contribution in [-0.2, 0) is 34.4 Å². The first-order chi connectivity index (χ1) is 18.9. The topological polar surface area (TPSA) is 124 Å². The summed E-state index contributed by atoms with van der Waals surface area (Å²) in [7, 11) is 0. The lowest BCUT2D eigenvalue weighted by Crippen LogP contribution is -2.35. The highest BCUT2D eigenvalue weighted by molar-refractivity contribution is 6.06. The number of benzene rings is 2. The molecule has 1 aliphatic carbocycles. The molecule has 1 atom stereocenters. The number of carbonyl (C=O) groups is 2. The van der Waals surface area contributed by atoms with E-state index in [1.165, 1.54) is 9.13 Å². The van der Waals surface area contributed by atoms with Gasteiger partial charge in [-0.25, -0.2) is 19.7 Å². The quantitative estimate of drug-likeness (QED) is 0.378. The van der Waals surface area contributed by atoms with Gasteiger partial charge < -0.3 is 10.6 Å². The molecule has 192 valence electrons. The standard InChI is InChI=1S/C29H23N7O3/c1-17-31-14-21(15-32-17)36-24-7-3-2-6-23(24)35(28(36)39)16-25(37)33-20-9-8-18-12-29(13-19(18)11-20)22-5-4-10-30-26(22)34-27(29)38/h2-11,14-15H,12-13,16H2,1H3,(H,33,37)(H,30,34,38). The Kier molecular flexibility index (Phi) is 4.99. The van der Waals surface area contributed by atoms with Crippen LogP contribution in [0.1, 0.15) is 22.5 Å². The predicted molar refractivity (Wildman–Crippen MR) is 145 cm³/mol. The fraction of sp³-hybridized carbons (Fsp3) is 0.172. The van der Waals surface area contributed by atoms with E-state index in [9.17, 15) is 14.4 Å². The summed E-state index contributed by atoms with van der Waals surface area (Å²) in [6.45, 7) is 1.61. The number of amides is 2. The average Bonchev–Trinajstić information content (AvgIpc) is 3.54. The van der Waals surface area contributed by atoms with Gasteiger partial charge in [0, 0.05) is 17.4 Å².